The summed E-state index contributed by atoms with van der Waals surface area (Å²) < 4.78 is 84.7. The van der Waals surface area contributed by atoms with Crippen molar-refractivity contribution in [3.05, 3.63) is 106 Å². The van der Waals surface area contributed by atoms with Crippen LogP contribution in [0.25, 0.3) is 0 Å². The standard InChI is InChI=1S/C25H22F6N2O3/c26-24(27,28)21-10-18(11-22(13-21)25(29,30)31)15-36-16-20(19-4-2-1-3-5-19)14-32-23(34)12-17-6-8-33(35)9-7-17/h1-11,13,20H,12,14-16H2,(H,32,34). The second-order valence-electron chi connectivity index (χ2n) is 8.08. The number of alkyl halides is 6. The monoisotopic (exact) mass is 512 g/mol. The van der Waals surface area contributed by atoms with Gasteiger partial charge in [-0.2, -0.15) is 31.1 Å². The highest BCUT2D eigenvalue weighted by Gasteiger charge is 2.36. The van der Waals surface area contributed by atoms with Gasteiger partial charge in [-0.1, -0.05) is 30.3 Å². The number of benzene rings is 2. The van der Waals surface area contributed by atoms with E-state index in [1.165, 1.54) is 24.5 Å². The van der Waals surface area contributed by atoms with E-state index in [1.54, 1.807) is 30.3 Å². The van der Waals surface area contributed by atoms with Crippen molar-refractivity contribution in [1.82, 2.24) is 5.32 Å². The first-order valence-electron chi connectivity index (χ1n) is 10.8. The highest BCUT2D eigenvalue weighted by Crippen LogP contribution is 2.36. The number of rotatable bonds is 9. The van der Waals surface area contributed by atoms with Crippen LogP contribution in [0.5, 0.6) is 0 Å². The number of pyridine rings is 1. The number of ether oxygens (including phenoxy) is 1. The first kappa shape index (κ1) is 27.0. The van der Waals surface area contributed by atoms with Gasteiger partial charge in [0.2, 0.25) is 5.91 Å². The quantitative estimate of drug-likeness (QED) is 0.249. The van der Waals surface area contributed by atoms with Crippen LogP contribution >= 0.6 is 0 Å². The first-order valence-corrected chi connectivity index (χ1v) is 10.8. The minimum absolute atomic E-state index is 0.0215. The summed E-state index contributed by atoms with van der Waals surface area (Å²) in [5.74, 6) is -0.741. The van der Waals surface area contributed by atoms with Crippen molar-refractivity contribution in [2.45, 2.75) is 31.3 Å². The molecule has 1 unspecified atom stereocenters. The molecule has 0 aliphatic rings. The van der Waals surface area contributed by atoms with Crippen LogP contribution in [0, 0.1) is 5.21 Å². The van der Waals surface area contributed by atoms with Gasteiger partial charge >= 0.3 is 12.4 Å². The number of carbonyl (C=O) groups is 1. The molecule has 36 heavy (non-hydrogen) atoms. The van der Waals surface area contributed by atoms with Crippen LogP contribution in [0.2, 0.25) is 0 Å². The number of hydrogen-bond acceptors (Lipinski definition) is 3. The van der Waals surface area contributed by atoms with Crippen molar-refractivity contribution in [2.24, 2.45) is 0 Å². The van der Waals surface area contributed by atoms with E-state index in [0.29, 0.717) is 22.4 Å². The van der Waals surface area contributed by atoms with Crippen LogP contribution < -0.4 is 10.0 Å². The molecule has 5 nitrogen and oxygen atoms in total. The summed E-state index contributed by atoms with van der Waals surface area (Å²) in [5.41, 5.74) is -1.70. The second kappa shape index (κ2) is 11.4. The molecule has 2 aromatic carbocycles. The number of hydrogen-bond donors (Lipinski definition) is 1. The second-order valence-corrected chi connectivity index (χ2v) is 8.08. The Morgan fingerprint density at radius 3 is 2.03 bits per heavy atom. The van der Waals surface area contributed by atoms with Crippen molar-refractivity contribution in [1.29, 1.82) is 0 Å². The van der Waals surface area contributed by atoms with Crippen LogP contribution in [0.3, 0.4) is 0 Å². The van der Waals surface area contributed by atoms with Crippen LogP contribution in [0.1, 0.15) is 33.7 Å². The third kappa shape index (κ3) is 7.98. The minimum atomic E-state index is -4.94. The summed E-state index contributed by atoms with van der Waals surface area (Å²) in [6.07, 6.45) is -7.34. The minimum Gasteiger partial charge on any atom is -0.619 e. The van der Waals surface area contributed by atoms with Crippen molar-refractivity contribution < 1.29 is 40.6 Å². The Bertz CT molecular complexity index is 1120. The summed E-state index contributed by atoms with van der Waals surface area (Å²) >= 11 is 0. The molecule has 0 fully saturated rings. The van der Waals surface area contributed by atoms with Gasteiger partial charge < -0.3 is 15.3 Å². The molecule has 0 radical (unpaired) electrons. The zero-order chi connectivity index (χ0) is 26.3. The lowest BCUT2D eigenvalue weighted by atomic mass is 9.99. The van der Waals surface area contributed by atoms with E-state index < -0.39 is 36.0 Å². The molecule has 192 valence electrons. The zero-order valence-corrected chi connectivity index (χ0v) is 18.8. The molecule has 11 heteroatoms. The fraction of sp³-hybridized carbons (Fsp3) is 0.280. The van der Waals surface area contributed by atoms with E-state index in [2.05, 4.69) is 5.32 Å². The Morgan fingerprint density at radius 1 is 0.889 bits per heavy atom. The summed E-state index contributed by atoms with van der Waals surface area (Å²) in [6.45, 7) is -0.430. The third-order valence-electron chi connectivity index (χ3n) is 5.29. The maximum Gasteiger partial charge on any atom is 0.416 e. The average molecular weight is 512 g/mol. The molecule has 1 aromatic heterocycles. The predicted octanol–water partition coefficient (Wildman–Crippen LogP) is 5.02. The van der Waals surface area contributed by atoms with Gasteiger partial charge in [0.05, 0.1) is 30.8 Å². The molecular formula is C25H22F6N2O3. The number of amides is 1. The van der Waals surface area contributed by atoms with Crippen molar-refractivity contribution in [3.63, 3.8) is 0 Å². The molecule has 1 atom stereocenters. The van der Waals surface area contributed by atoms with Gasteiger partial charge in [0.15, 0.2) is 12.4 Å². The van der Waals surface area contributed by atoms with Gasteiger partial charge in [0, 0.05) is 24.6 Å². The number of halogens is 6. The highest BCUT2D eigenvalue weighted by molar-refractivity contribution is 5.78. The van der Waals surface area contributed by atoms with Crippen LogP contribution in [0.4, 0.5) is 26.3 Å². The Morgan fingerprint density at radius 2 is 1.47 bits per heavy atom. The van der Waals surface area contributed by atoms with Crippen LogP contribution in [-0.2, 0) is 34.9 Å². The molecular weight excluding hydrogens is 490 g/mol. The lowest BCUT2D eigenvalue weighted by molar-refractivity contribution is -0.605. The molecule has 1 N–H and O–H groups in total. The maximum absolute atomic E-state index is 13.1. The number of carbonyl (C=O) groups excluding carboxylic acids is 1. The summed E-state index contributed by atoms with van der Waals surface area (Å²) in [5, 5.41) is 13.9. The van der Waals surface area contributed by atoms with E-state index >= 15 is 0 Å². The largest absolute Gasteiger partial charge is 0.619 e. The molecule has 1 amide bonds. The van der Waals surface area contributed by atoms with E-state index in [4.69, 9.17) is 4.74 Å². The lowest BCUT2D eigenvalue weighted by Gasteiger charge is -2.19. The molecule has 0 aliphatic carbocycles. The van der Waals surface area contributed by atoms with Crippen molar-refractivity contribution >= 4 is 5.91 Å². The predicted molar refractivity (Wildman–Crippen MR) is 117 cm³/mol. The Hall–Kier alpha value is -3.60. The topological polar surface area (TPSA) is 65.3 Å². The average Bonchev–Trinajstić information content (AvgIpc) is 2.82. The van der Waals surface area contributed by atoms with Crippen LogP contribution in [0.15, 0.2) is 73.1 Å². The Labute approximate surface area is 202 Å². The molecule has 0 saturated heterocycles. The molecule has 3 rings (SSSR count). The summed E-state index contributed by atoms with van der Waals surface area (Å²) in [6, 6.07) is 13.2. The summed E-state index contributed by atoms with van der Waals surface area (Å²) in [4.78, 5) is 12.3. The normalized spacial score (nSPS) is 12.8. The van der Waals surface area contributed by atoms with Gasteiger partial charge in [-0.15, -0.1) is 0 Å². The summed E-state index contributed by atoms with van der Waals surface area (Å²) in [7, 11) is 0. The van der Waals surface area contributed by atoms with E-state index in [0.717, 1.165) is 5.56 Å². The maximum atomic E-state index is 13.1. The fourth-order valence-electron chi connectivity index (χ4n) is 3.47. The number of aromatic nitrogens is 1. The first-order chi connectivity index (χ1) is 16.9. The van der Waals surface area contributed by atoms with E-state index in [9.17, 15) is 36.3 Å². The van der Waals surface area contributed by atoms with Gasteiger partial charge in [-0.25, -0.2) is 0 Å². The van der Waals surface area contributed by atoms with Crippen molar-refractivity contribution in [3.8, 4) is 0 Å². The SMILES string of the molecule is O=C(Cc1cc[n+]([O-])cc1)NCC(COCc1cc(C(F)(F)F)cc(C(F)(F)F)c1)c1ccccc1. The van der Waals surface area contributed by atoms with Gasteiger partial charge in [0.25, 0.3) is 0 Å². The molecule has 0 aliphatic heterocycles. The molecule has 3 aromatic rings. The van der Waals surface area contributed by atoms with Crippen LogP contribution in [-0.4, -0.2) is 19.1 Å². The molecule has 1 heterocycles. The molecule has 0 bridgehead atoms. The molecule has 0 spiro atoms. The third-order valence-corrected chi connectivity index (χ3v) is 5.29. The van der Waals surface area contributed by atoms with Gasteiger partial charge in [-0.05, 0) is 34.9 Å². The highest BCUT2D eigenvalue weighted by atomic mass is 19.4. The Kier molecular flexibility index (Phi) is 8.57. The molecule has 0 saturated carbocycles. The van der Waals surface area contributed by atoms with E-state index in [-0.39, 0.29) is 37.1 Å². The lowest BCUT2D eigenvalue weighted by Crippen LogP contribution is -2.31. The van der Waals surface area contributed by atoms with Gasteiger partial charge in [0.1, 0.15) is 0 Å². The number of nitrogens with one attached hydrogen (secondary N) is 1. The smallest absolute Gasteiger partial charge is 0.416 e. The zero-order valence-electron chi connectivity index (χ0n) is 18.8. The van der Waals surface area contributed by atoms with E-state index in [1.807, 2.05) is 0 Å². The number of nitrogens with zero attached hydrogens (tertiary/aromatic N) is 1. The van der Waals surface area contributed by atoms with Crippen molar-refractivity contribution in [2.75, 3.05) is 13.2 Å². The fourth-order valence-corrected chi connectivity index (χ4v) is 3.47. The van der Waals surface area contributed by atoms with Gasteiger partial charge in [-0.3, -0.25) is 4.79 Å². The Balaban J connectivity index is 1.67.